The van der Waals surface area contributed by atoms with Crippen LogP contribution in [-0.4, -0.2) is 63.7 Å². The molecule has 0 aromatic heterocycles. The van der Waals surface area contributed by atoms with Crippen LogP contribution in [0.5, 0.6) is 11.5 Å². The Morgan fingerprint density at radius 2 is 1.16 bits per heavy atom. The van der Waals surface area contributed by atoms with Crippen molar-refractivity contribution in [1.82, 2.24) is 9.80 Å². The van der Waals surface area contributed by atoms with Gasteiger partial charge >= 0.3 is 0 Å². The predicted octanol–water partition coefficient (Wildman–Crippen LogP) is 1.25. The molecule has 19 heavy (non-hydrogen) atoms. The van der Waals surface area contributed by atoms with Gasteiger partial charge in [0, 0.05) is 0 Å². The molecule has 3 rings (SSSR count). The first-order chi connectivity index (χ1) is 9.06. The summed E-state index contributed by atoms with van der Waals surface area (Å²) in [4.78, 5) is 3.99. The van der Waals surface area contributed by atoms with E-state index in [9.17, 15) is 0 Å². The van der Waals surface area contributed by atoms with Crippen LogP contribution in [-0.2, 0) is 4.74 Å². The van der Waals surface area contributed by atoms with Crippen molar-refractivity contribution in [2.24, 2.45) is 0 Å². The van der Waals surface area contributed by atoms with E-state index in [1.807, 2.05) is 62.3 Å². The molecule has 0 radical (unpaired) electrons. The summed E-state index contributed by atoms with van der Waals surface area (Å²) in [5.74, 6) is 1.64. The van der Waals surface area contributed by atoms with Gasteiger partial charge in [-0.3, -0.25) is 9.80 Å². The lowest BCUT2D eigenvalue weighted by atomic mass is 10.3. The van der Waals surface area contributed by atoms with Gasteiger partial charge in [0.1, 0.15) is 11.5 Å². The van der Waals surface area contributed by atoms with Crippen molar-refractivity contribution in [2.75, 3.05) is 41.4 Å². The molecule has 1 aromatic rings. The molecule has 0 amide bonds. The summed E-state index contributed by atoms with van der Waals surface area (Å²) in [5, 5.41) is 0. The standard InChI is InChI=1S/C14H22N2O3/c1-15(2)13-9-17-10-14(16(3)4)19-12-7-5-11(18-13)6-8-12/h5-8,13-14H,9-10H2,1-4H3. The molecule has 2 bridgehead atoms. The Bertz CT molecular complexity index is 355. The average Bonchev–Trinajstić information content (AvgIpc) is 2.43. The zero-order chi connectivity index (χ0) is 13.8. The highest BCUT2D eigenvalue weighted by Gasteiger charge is 2.19. The molecule has 2 heterocycles. The van der Waals surface area contributed by atoms with E-state index in [2.05, 4.69) is 0 Å². The summed E-state index contributed by atoms with van der Waals surface area (Å²) in [6.07, 6.45) is -0.210. The highest BCUT2D eigenvalue weighted by atomic mass is 16.6. The van der Waals surface area contributed by atoms with E-state index in [1.165, 1.54) is 0 Å². The molecular weight excluding hydrogens is 244 g/mol. The molecule has 1 aromatic carbocycles. The largest absolute Gasteiger partial charge is 0.473 e. The van der Waals surface area contributed by atoms with Crippen LogP contribution in [0.15, 0.2) is 24.3 Å². The third-order valence-corrected chi connectivity index (χ3v) is 3.04. The van der Waals surface area contributed by atoms with Gasteiger partial charge in [0.15, 0.2) is 12.5 Å². The van der Waals surface area contributed by atoms with E-state index in [4.69, 9.17) is 14.2 Å². The number of fused-ring (bicyclic) bond motifs is 8. The molecule has 2 aliphatic rings. The molecule has 106 valence electrons. The van der Waals surface area contributed by atoms with E-state index in [0.29, 0.717) is 13.2 Å². The number of hydrogen-bond acceptors (Lipinski definition) is 5. The zero-order valence-electron chi connectivity index (χ0n) is 12.0. The Kier molecular flexibility index (Phi) is 4.63. The summed E-state index contributed by atoms with van der Waals surface area (Å²) < 4.78 is 17.5. The number of rotatable bonds is 2. The smallest absolute Gasteiger partial charge is 0.175 e. The minimum absolute atomic E-state index is 0.105. The zero-order valence-corrected chi connectivity index (χ0v) is 12.0. The van der Waals surface area contributed by atoms with Gasteiger partial charge in [-0.15, -0.1) is 0 Å². The lowest BCUT2D eigenvalue weighted by molar-refractivity contribution is -0.0640. The van der Waals surface area contributed by atoms with Gasteiger partial charge in [0.05, 0.1) is 13.2 Å². The maximum atomic E-state index is 5.89. The molecule has 2 aliphatic heterocycles. The molecule has 0 saturated heterocycles. The quantitative estimate of drug-likeness (QED) is 0.753. The molecule has 0 spiro atoms. The normalized spacial score (nSPS) is 23.9. The maximum Gasteiger partial charge on any atom is 0.175 e. The Morgan fingerprint density at radius 3 is 1.47 bits per heavy atom. The SMILES string of the molecule is CN(C)C1COCC(N(C)C)Oc2ccc(cc2)O1. The molecule has 0 fully saturated rings. The van der Waals surface area contributed by atoms with Gasteiger partial charge in [-0.2, -0.15) is 0 Å². The first-order valence-corrected chi connectivity index (χ1v) is 6.40. The van der Waals surface area contributed by atoms with Crippen molar-refractivity contribution in [3.05, 3.63) is 24.3 Å². The average molecular weight is 266 g/mol. The molecule has 2 atom stereocenters. The predicted molar refractivity (Wildman–Crippen MR) is 73.5 cm³/mol. The van der Waals surface area contributed by atoms with E-state index >= 15 is 0 Å². The Balaban J connectivity index is 2.19. The van der Waals surface area contributed by atoms with Crippen LogP contribution in [0.1, 0.15) is 0 Å². The number of hydrogen-bond donors (Lipinski definition) is 0. The van der Waals surface area contributed by atoms with Crippen molar-refractivity contribution in [3.8, 4) is 11.5 Å². The highest BCUT2D eigenvalue weighted by Crippen LogP contribution is 2.21. The summed E-state index contributed by atoms with van der Waals surface area (Å²) in [7, 11) is 7.90. The monoisotopic (exact) mass is 266 g/mol. The van der Waals surface area contributed by atoms with Crippen LogP contribution in [0.3, 0.4) is 0 Å². The van der Waals surface area contributed by atoms with Crippen molar-refractivity contribution >= 4 is 0 Å². The fraction of sp³-hybridized carbons (Fsp3) is 0.571. The molecule has 5 heteroatoms. The Morgan fingerprint density at radius 1 is 0.789 bits per heavy atom. The van der Waals surface area contributed by atoms with Crippen LogP contribution >= 0.6 is 0 Å². The number of ether oxygens (including phenoxy) is 3. The van der Waals surface area contributed by atoms with Gasteiger partial charge in [-0.1, -0.05) is 0 Å². The molecule has 0 saturated carbocycles. The molecule has 2 unspecified atom stereocenters. The third kappa shape index (κ3) is 3.83. The first-order valence-electron chi connectivity index (χ1n) is 6.40. The molecular formula is C14H22N2O3. The van der Waals surface area contributed by atoms with Crippen molar-refractivity contribution < 1.29 is 14.2 Å². The lowest BCUT2D eigenvalue weighted by Crippen LogP contribution is -2.41. The van der Waals surface area contributed by atoms with E-state index in [-0.39, 0.29) is 12.5 Å². The summed E-state index contributed by atoms with van der Waals surface area (Å²) in [5.41, 5.74) is 0. The third-order valence-electron chi connectivity index (χ3n) is 3.04. The van der Waals surface area contributed by atoms with E-state index in [0.717, 1.165) is 11.5 Å². The van der Waals surface area contributed by atoms with E-state index in [1.54, 1.807) is 0 Å². The van der Waals surface area contributed by atoms with Crippen molar-refractivity contribution in [3.63, 3.8) is 0 Å². The van der Waals surface area contributed by atoms with Gasteiger partial charge in [-0.25, -0.2) is 0 Å². The summed E-state index contributed by atoms with van der Waals surface area (Å²) >= 11 is 0. The number of benzene rings is 1. The maximum absolute atomic E-state index is 5.89. The summed E-state index contributed by atoms with van der Waals surface area (Å²) in [6.45, 7) is 1.00. The minimum Gasteiger partial charge on any atom is -0.473 e. The van der Waals surface area contributed by atoms with Gasteiger partial charge in [0.25, 0.3) is 0 Å². The highest BCUT2D eigenvalue weighted by molar-refractivity contribution is 5.31. The van der Waals surface area contributed by atoms with E-state index < -0.39 is 0 Å². The van der Waals surface area contributed by atoms with Gasteiger partial charge < -0.3 is 14.2 Å². The number of nitrogens with zero attached hydrogens (tertiary/aromatic N) is 2. The van der Waals surface area contributed by atoms with Gasteiger partial charge in [-0.05, 0) is 52.5 Å². The fourth-order valence-corrected chi connectivity index (χ4v) is 1.76. The molecule has 0 aliphatic carbocycles. The first kappa shape index (κ1) is 14.1. The van der Waals surface area contributed by atoms with Crippen LogP contribution in [0, 0.1) is 0 Å². The summed E-state index contributed by atoms with van der Waals surface area (Å²) in [6, 6.07) is 7.68. The van der Waals surface area contributed by atoms with Crippen LogP contribution < -0.4 is 9.47 Å². The van der Waals surface area contributed by atoms with Crippen LogP contribution in [0.2, 0.25) is 0 Å². The second kappa shape index (κ2) is 6.23. The molecule has 0 N–H and O–H groups in total. The second-order valence-corrected chi connectivity index (χ2v) is 5.08. The fourth-order valence-electron chi connectivity index (χ4n) is 1.76. The second-order valence-electron chi connectivity index (χ2n) is 5.08. The Labute approximate surface area is 114 Å². The lowest BCUT2D eigenvalue weighted by Gasteiger charge is -2.27. The van der Waals surface area contributed by atoms with Gasteiger partial charge in [0.2, 0.25) is 0 Å². The Hall–Kier alpha value is -1.30. The number of likely N-dealkylation sites (N-methyl/N-ethyl adjacent to an activating group) is 2. The molecule has 5 nitrogen and oxygen atoms in total. The van der Waals surface area contributed by atoms with Crippen LogP contribution in [0.4, 0.5) is 0 Å². The topological polar surface area (TPSA) is 34.2 Å². The van der Waals surface area contributed by atoms with Crippen molar-refractivity contribution in [1.29, 1.82) is 0 Å². The van der Waals surface area contributed by atoms with Crippen molar-refractivity contribution in [2.45, 2.75) is 12.5 Å². The van der Waals surface area contributed by atoms with Crippen LogP contribution in [0.25, 0.3) is 0 Å². The minimum atomic E-state index is -0.105.